The number of hydrogen-bond donors (Lipinski definition) is 1. The first-order valence-electron chi connectivity index (χ1n) is 5.41. The third-order valence-corrected chi connectivity index (χ3v) is 2.22. The maximum atomic E-state index is 10.4. The van der Waals surface area contributed by atoms with Gasteiger partial charge >= 0.3 is 5.97 Å². The Kier molecular flexibility index (Phi) is 5.50. The van der Waals surface area contributed by atoms with Crippen molar-refractivity contribution in [2.45, 2.75) is 32.3 Å². The molecule has 16 heavy (non-hydrogen) atoms. The number of carbonyl (C=O) groups is 1. The molecule has 0 fully saturated rings. The lowest BCUT2D eigenvalue weighted by atomic mass is 10.1. The van der Waals surface area contributed by atoms with Crippen molar-refractivity contribution in [2.75, 3.05) is 6.61 Å². The minimum atomic E-state index is -0.818. The number of hydrogen-bond acceptors (Lipinski definition) is 3. The van der Waals surface area contributed by atoms with E-state index in [9.17, 15) is 4.79 Å². The summed E-state index contributed by atoms with van der Waals surface area (Å²) < 4.78 is 5.38. The van der Waals surface area contributed by atoms with Gasteiger partial charge in [-0.25, -0.2) is 0 Å². The van der Waals surface area contributed by atoms with Crippen LogP contribution < -0.4 is 0 Å². The van der Waals surface area contributed by atoms with Crippen molar-refractivity contribution >= 4 is 5.97 Å². The van der Waals surface area contributed by atoms with E-state index in [4.69, 9.17) is 9.84 Å². The fourth-order valence-electron chi connectivity index (χ4n) is 1.42. The van der Waals surface area contributed by atoms with Gasteiger partial charge in [0.15, 0.2) is 0 Å². The maximum Gasteiger partial charge on any atom is 0.305 e. The molecule has 0 aliphatic rings. The SMILES string of the molecule is C[C@H](CC(=O)O)OCCCc1ccncc1. The molecule has 0 saturated carbocycles. The second kappa shape index (κ2) is 6.95. The maximum absolute atomic E-state index is 10.4. The lowest BCUT2D eigenvalue weighted by Crippen LogP contribution is -2.14. The highest BCUT2D eigenvalue weighted by Crippen LogP contribution is 2.03. The average molecular weight is 223 g/mol. The highest BCUT2D eigenvalue weighted by Gasteiger charge is 2.06. The topological polar surface area (TPSA) is 59.4 Å². The first-order valence-corrected chi connectivity index (χ1v) is 5.41. The third kappa shape index (κ3) is 5.46. The van der Waals surface area contributed by atoms with Gasteiger partial charge in [0.2, 0.25) is 0 Å². The van der Waals surface area contributed by atoms with Gasteiger partial charge in [0.05, 0.1) is 12.5 Å². The molecule has 1 atom stereocenters. The zero-order valence-corrected chi connectivity index (χ0v) is 9.43. The molecule has 0 unspecified atom stereocenters. The van der Waals surface area contributed by atoms with Crippen LogP contribution in [0.2, 0.25) is 0 Å². The van der Waals surface area contributed by atoms with Crippen molar-refractivity contribution < 1.29 is 14.6 Å². The third-order valence-electron chi connectivity index (χ3n) is 2.22. The summed E-state index contributed by atoms with van der Waals surface area (Å²) in [7, 11) is 0. The van der Waals surface area contributed by atoms with Gasteiger partial charge in [0.1, 0.15) is 0 Å². The van der Waals surface area contributed by atoms with Crippen LogP contribution in [-0.2, 0) is 16.0 Å². The predicted molar refractivity (Wildman–Crippen MR) is 60.2 cm³/mol. The summed E-state index contributed by atoms with van der Waals surface area (Å²) in [6.45, 7) is 2.37. The van der Waals surface area contributed by atoms with Crippen molar-refractivity contribution in [3.63, 3.8) is 0 Å². The van der Waals surface area contributed by atoms with Crippen LogP contribution in [0.3, 0.4) is 0 Å². The molecule has 0 bridgehead atoms. The van der Waals surface area contributed by atoms with E-state index in [1.165, 1.54) is 5.56 Å². The lowest BCUT2D eigenvalue weighted by Gasteiger charge is -2.10. The van der Waals surface area contributed by atoms with E-state index in [0.29, 0.717) is 6.61 Å². The van der Waals surface area contributed by atoms with E-state index in [-0.39, 0.29) is 12.5 Å². The molecule has 88 valence electrons. The molecule has 0 spiro atoms. The quantitative estimate of drug-likeness (QED) is 0.717. The van der Waals surface area contributed by atoms with Gasteiger partial charge in [-0.1, -0.05) is 0 Å². The van der Waals surface area contributed by atoms with Gasteiger partial charge < -0.3 is 9.84 Å². The normalized spacial score (nSPS) is 12.3. The van der Waals surface area contributed by atoms with Gasteiger partial charge in [-0.15, -0.1) is 0 Å². The largest absolute Gasteiger partial charge is 0.481 e. The van der Waals surface area contributed by atoms with Crippen LogP contribution in [0.1, 0.15) is 25.3 Å². The van der Waals surface area contributed by atoms with Crippen LogP contribution in [0.25, 0.3) is 0 Å². The van der Waals surface area contributed by atoms with Crippen LogP contribution in [-0.4, -0.2) is 28.8 Å². The first kappa shape index (κ1) is 12.6. The average Bonchev–Trinajstić information content (AvgIpc) is 2.25. The standard InChI is InChI=1S/C12H17NO3/c1-10(9-12(14)15)16-8-2-3-11-4-6-13-7-5-11/h4-7,10H,2-3,8-9H2,1H3,(H,14,15)/t10-/m1/s1. The Bertz CT molecular complexity index is 313. The molecule has 0 radical (unpaired) electrons. The minimum absolute atomic E-state index is 0.0647. The fourth-order valence-corrected chi connectivity index (χ4v) is 1.42. The number of ether oxygens (including phenoxy) is 1. The Morgan fingerprint density at radius 3 is 2.81 bits per heavy atom. The number of aliphatic carboxylic acids is 1. The summed E-state index contributed by atoms with van der Waals surface area (Å²) in [6.07, 6.45) is 5.22. The molecule has 0 saturated heterocycles. The highest BCUT2D eigenvalue weighted by atomic mass is 16.5. The van der Waals surface area contributed by atoms with E-state index in [1.54, 1.807) is 19.3 Å². The van der Waals surface area contributed by atoms with E-state index >= 15 is 0 Å². The lowest BCUT2D eigenvalue weighted by molar-refractivity contribution is -0.139. The number of carboxylic acids is 1. The Morgan fingerprint density at radius 1 is 1.50 bits per heavy atom. The Labute approximate surface area is 95.3 Å². The van der Waals surface area contributed by atoms with Crippen LogP contribution in [0, 0.1) is 0 Å². The minimum Gasteiger partial charge on any atom is -0.481 e. The Balaban J connectivity index is 2.10. The summed E-state index contributed by atoms with van der Waals surface area (Å²) in [4.78, 5) is 14.3. The molecule has 0 amide bonds. The smallest absolute Gasteiger partial charge is 0.305 e. The van der Waals surface area contributed by atoms with Crippen LogP contribution in [0.15, 0.2) is 24.5 Å². The van der Waals surface area contributed by atoms with Crippen molar-refractivity contribution in [3.8, 4) is 0 Å². The van der Waals surface area contributed by atoms with Crippen LogP contribution in [0.4, 0.5) is 0 Å². The molecule has 4 nitrogen and oxygen atoms in total. The first-order chi connectivity index (χ1) is 7.68. The Morgan fingerprint density at radius 2 is 2.19 bits per heavy atom. The number of rotatable bonds is 7. The number of pyridine rings is 1. The van der Waals surface area contributed by atoms with Crippen molar-refractivity contribution in [3.05, 3.63) is 30.1 Å². The molecular weight excluding hydrogens is 206 g/mol. The monoisotopic (exact) mass is 223 g/mol. The molecule has 0 aliphatic heterocycles. The van der Waals surface area contributed by atoms with Gasteiger partial charge in [-0.3, -0.25) is 9.78 Å². The van der Waals surface area contributed by atoms with Gasteiger partial charge in [0, 0.05) is 19.0 Å². The number of aryl methyl sites for hydroxylation is 1. The molecular formula is C12H17NO3. The number of nitrogens with zero attached hydrogens (tertiary/aromatic N) is 1. The zero-order valence-electron chi connectivity index (χ0n) is 9.43. The number of carboxylic acid groups (broad SMARTS) is 1. The molecule has 1 rings (SSSR count). The molecule has 1 heterocycles. The van der Waals surface area contributed by atoms with Crippen molar-refractivity contribution in [1.82, 2.24) is 4.98 Å². The summed E-state index contributed by atoms with van der Waals surface area (Å²) >= 11 is 0. The van der Waals surface area contributed by atoms with E-state index in [1.807, 2.05) is 12.1 Å². The summed E-state index contributed by atoms with van der Waals surface area (Å²) in [5, 5.41) is 8.53. The summed E-state index contributed by atoms with van der Waals surface area (Å²) in [6, 6.07) is 3.95. The predicted octanol–water partition coefficient (Wildman–Crippen LogP) is 1.89. The van der Waals surface area contributed by atoms with E-state index < -0.39 is 5.97 Å². The van der Waals surface area contributed by atoms with E-state index in [2.05, 4.69) is 4.98 Å². The molecule has 0 aliphatic carbocycles. The van der Waals surface area contributed by atoms with Crippen LogP contribution >= 0.6 is 0 Å². The fraction of sp³-hybridized carbons (Fsp3) is 0.500. The molecule has 1 aromatic rings. The number of aromatic nitrogens is 1. The van der Waals surface area contributed by atoms with Gasteiger partial charge in [0.25, 0.3) is 0 Å². The summed E-state index contributed by atoms with van der Waals surface area (Å²) in [5.41, 5.74) is 1.23. The molecule has 0 aromatic carbocycles. The highest BCUT2D eigenvalue weighted by molar-refractivity contribution is 5.67. The van der Waals surface area contributed by atoms with Gasteiger partial charge in [-0.05, 0) is 37.5 Å². The molecule has 4 heteroatoms. The van der Waals surface area contributed by atoms with E-state index in [0.717, 1.165) is 12.8 Å². The zero-order chi connectivity index (χ0) is 11.8. The second-order valence-electron chi connectivity index (χ2n) is 3.74. The second-order valence-corrected chi connectivity index (χ2v) is 3.74. The van der Waals surface area contributed by atoms with Crippen LogP contribution in [0.5, 0.6) is 0 Å². The van der Waals surface area contributed by atoms with Gasteiger partial charge in [-0.2, -0.15) is 0 Å². The Hall–Kier alpha value is -1.42. The summed E-state index contributed by atoms with van der Waals surface area (Å²) in [5.74, 6) is -0.818. The molecule has 1 aromatic heterocycles. The van der Waals surface area contributed by atoms with Crippen molar-refractivity contribution in [1.29, 1.82) is 0 Å². The molecule has 1 N–H and O–H groups in total. The van der Waals surface area contributed by atoms with Crippen molar-refractivity contribution in [2.24, 2.45) is 0 Å².